The predicted molar refractivity (Wildman–Crippen MR) is 208 cm³/mol. The summed E-state index contributed by atoms with van der Waals surface area (Å²) >= 11 is 0. The van der Waals surface area contributed by atoms with Crippen molar-refractivity contribution < 1.29 is 0 Å². The first-order chi connectivity index (χ1) is 23.8. The van der Waals surface area contributed by atoms with Gasteiger partial charge in [-0.15, -0.1) is 0 Å². The summed E-state index contributed by atoms with van der Waals surface area (Å²) in [6.45, 7) is 8.64. The highest BCUT2D eigenvalue weighted by atomic mass is 15.2. The van der Waals surface area contributed by atoms with E-state index in [4.69, 9.17) is 0 Å². The maximum Gasteiger partial charge on any atom is 0.0461 e. The van der Waals surface area contributed by atoms with Crippen LogP contribution in [0, 0.1) is 39.0 Å². The highest BCUT2D eigenvalue weighted by molar-refractivity contribution is 5.77. The predicted octanol–water partition coefficient (Wildman–Crippen LogP) is 12.9. The molecule has 2 saturated carbocycles. The average Bonchev–Trinajstić information content (AvgIpc) is 3.88. The van der Waals surface area contributed by atoms with Gasteiger partial charge in [-0.2, -0.15) is 0 Å². The average molecular weight is 641 g/mol. The van der Waals surface area contributed by atoms with Crippen LogP contribution in [0.4, 0.5) is 28.4 Å². The summed E-state index contributed by atoms with van der Waals surface area (Å²) in [6.07, 6.45) is 15.4. The second kappa shape index (κ2) is 12.6. The fraction of sp³-hybridized carbons (Fsp3) is 0.277. The van der Waals surface area contributed by atoms with Crippen molar-refractivity contribution in [2.75, 3.05) is 9.80 Å². The van der Waals surface area contributed by atoms with Gasteiger partial charge in [0.15, 0.2) is 0 Å². The number of allylic oxidation sites excluding steroid dienone is 3. The zero-order chi connectivity index (χ0) is 33.6. The third-order valence-electron chi connectivity index (χ3n) is 11.7. The van der Waals surface area contributed by atoms with Crippen molar-refractivity contribution >= 4 is 28.4 Å². The number of rotatable bonds is 8. The Bertz CT molecular complexity index is 1880. The molecular weight excluding hydrogens is 593 g/mol. The quantitative estimate of drug-likeness (QED) is 0.166. The number of aryl methyl sites for hydroxylation is 4. The smallest absolute Gasteiger partial charge is 0.0461 e. The van der Waals surface area contributed by atoms with Gasteiger partial charge in [-0.25, -0.2) is 0 Å². The van der Waals surface area contributed by atoms with E-state index in [1.165, 1.54) is 100 Å². The minimum absolute atomic E-state index is 0.157. The number of fused-ring (bicyclic) bond motifs is 1. The van der Waals surface area contributed by atoms with Crippen LogP contribution in [-0.2, 0) is 5.41 Å². The molecule has 0 radical (unpaired) electrons. The first-order valence-corrected chi connectivity index (χ1v) is 18.2. The molecule has 2 unspecified atom stereocenters. The van der Waals surface area contributed by atoms with Crippen LogP contribution in [0.15, 0.2) is 145 Å². The van der Waals surface area contributed by atoms with Crippen LogP contribution in [0.3, 0.4) is 0 Å². The molecular formula is C47H48N2. The van der Waals surface area contributed by atoms with E-state index in [9.17, 15) is 0 Å². The van der Waals surface area contributed by atoms with Crippen molar-refractivity contribution in [2.45, 2.75) is 71.6 Å². The van der Waals surface area contributed by atoms with Gasteiger partial charge in [-0.1, -0.05) is 114 Å². The molecule has 0 aromatic heterocycles. The Labute approximate surface area is 293 Å². The molecule has 2 atom stereocenters. The molecule has 0 heterocycles. The SMILES string of the molecule is Cc1ccc(N(C2=CC3CC3(C3(c4ccc(N(c5ccc(C)cc5)c5ccc(C)cc5)cc4)CCCCC3)C=C2)c2ccc(C)cc2)cc1. The van der Waals surface area contributed by atoms with Gasteiger partial charge in [0, 0.05) is 45.0 Å². The number of hydrogen-bond donors (Lipinski definition) is 0. The minimum Gasteiger partial charge on any atom is -0.311 e. The Hall–Kier alpha value is -4.82. The van der Waals surface area contributed by atoms with Gasteiger partial charge in [0.1, 0.15) is 0 Å². The van der Waals surface area contributed by atoms with Gasteiger partial charge in [0.05, 0.1) is 0 Å². The largest absolute Gasteiger partial charge is 0.311 e. The maximum absolute atomic E-state index is 2.63. The summed E-state index contributed by atoms with van der Waals surface area (Å²) in [5, 5.41) is 0. The van der Waals surface area contributed by atoms with Crippen LogP contribution in [0.5, 0.6) is 0 Å². The van der Waals surface area contributed by atoms with Crippen molar-refractivity contribution in [1.82, 2.24) is 0 Å². The number of hydrogen-bond acceptors (Lipinski definition) is 2. The highest BCUT2D eigenvalue weighted by Gasteiger charge is 2.65. The van der Waals surface area contributed by atoms with Crippen LogP contribution in [0.2, 0.25) is 0 Å². The molecule has 246 valence electrons. The van der Waals surface area contributed by atoms with Crippen LogP contribution in [0.1, 0.15) is 66.3 Å². The van der Waals surface area contributed by atoms with E-state index in [1.54, 1.807) is 0 Å². The van der Waals surface area contributed by atoms with Gasteiger partial charge in [0.25, 0.3) is 0 Å². The number of benzene rings is 5. The third-order valence-corrected chi connectivity index (χ3v) is 11.7. The Morgan fingerprint density at radius 1 is 0.469 bits per heavy atom. The summed E-state index contributed by atoms with van der Waals surface area (Å²) in [7, 11) is 0. The molecule has 3 aliphatic carbocycles. The number of nitrogens with zero attached hydrogens (tertiary/aromatic N) is 2. The van der Waals surface area contributed by atoms with Gasteiger partial charge in [0.2, 0.25) is 0 Å². The molecule has 2 nitrogen and oxygen atoms in total. The first-order valence-electron chi connectivity index (χ1n) is 18.2. The van der Waals surface area contributed by atoms with E-state index in [0.29, 0.717) is 5.92 Å². The van der Waals surface area contributed by atoms with Gasteiger partial charge in [-0.05, 0) is 125 Å². The summed E-state index contributed by atoms with van der Waals surface area (Å²) in [5.41, 5.74) is 14.3. The molecule has 0 amide bonds. The normalized spacial score (nSPS) is 20.7. The molecule has 2 fully saturated rings. The molecule has 0 bridgehead atoms. The summed E-state index contributed by atoms with van der Waals surface area (Å²) in [4.78, 5) is 4.85. The lowest BCUT2D eigenvalue weighted by atomic mass is 9.58. The third kappa shape index (κ3) is 5.72. The summed E-state index contributed by atoms with van der Waals surface area (Å²) in [6, 6.07) is 45.5. The van der Waals surface area contributed by atoms with Crippen LogP contribution < -0.4 is 9.80 Å². The van der Waals surface area contributed by atoms with E-state index in [2.05, 4.69) is 177 Å². The van der Waals surface area contributed by atoms with E-state index in [1.807, 2.05) is 0 Å². The van der Waals surface area contributed by atoms with Crippen molar-refractivity contribution in [1.29, 1.82) is 0 Å². The lowest BCUT2D eigenvalue weighted by molar-refractivity contribution is 0.197. The molecule has 8 rings (SSSR count). The van der Waals surface area contributed by atoms with Gasteiger partial charge < -0.3 is 9.80 Å². The first kappa shape index (κ1) is 31.4. The molecule has 49 heavy (non-hydrogen) atoms. The molecule has 2 heteroatoms. The van der Waals surface area contributed by atoms with Crippen molar-refractivity contribution in [3.8, 4) is 0 Å². The molecule has 5 aromatic carbocycles. The lowest BCUT2D eigenvalue weighted by Crippen LogP contribution is -2.40. The Kier molecular flexibility index (Phi) is 8.07. The Morgan fingerprint density at radius 2 is 0.857 bits per heavy atom. The van der Waals surface area contributed by atoms with Crippen LogP contribution in [0.25, 0.3) is 0 Å². The van der Waals surface area contributed by atoms with E-state index >= 15 is 0 Å². The molecule has 0 saturated heterocycles. The zero-order valence-electron chi connectivity index (χ0n) is 29.5. The number of anilines is 5. The van der Waals surface area contributed by atoms with Crippen molar-refractivity contribution in [2.24, 2.45) is 11.3 Å². The zero-order valence-corrected chi connectivity index (χ0v) is 29.5. The van der Waals surface area contributed by atoms with E-state index in [0.717, 1.165) is 0 Å². The topological polar surface area (TPSA) is 6.48 Å². The van der Waals surface area contributed by atoms with Crippen LogP contribution >= 0.6 is 0 Å². The molecule has 5 aromatic rings. The molecule has 3 aliphatic rings. The van der Waals surface area contributed by atoms with Gasteiger partial charge in [-0.3, -0.25) is 0 Å². The second-order valence-corrected chi connectivity index (χ2v) is 15.0. The summed E-state index contributed by atoms with van der Waals surface area (Å²) in [5.74, 6) is 0.542. The van der Waals surface area contributed by atoms with Gasteiger partial charge >= 0.3 is 0 Å². The molecule has 0 aliphatic heterocycles. The Morgan fingerprint density at radius 3 is 1.27 bits per heavy atom. The fourth-order valence-corrected chi connectivity index (χ4v) is 8.84. The minimum atomic E-state index is 0.157. The van der Waals surface area contributed by atoms with Crippen LogP contribution in [-0.4, -0.2) is 0 Å². The molecule has 0 spiro atoms. The van der Waals surface area contributed by atoms with E-state index < -0.39 is 0 Å². The molecule has 0 N–H and O–H groups in total. The fourth-order valence-electron chi connectivity index (χ4n) is 8.84. The summed E-state index contributed by atoms with van der Waals surface area (Å²) < 4.78 is 0. The standard InChI is InChI=1S/C47H48N2/c1-34-8-18-40(19-9-34)48(41-20-10-35(2)11-21-41)44-26-16-38(17-27-44)46(29-6-5-7-30-46)47-31-28-45(32-39(47)33-47)49(42-22-12-36(3)13-23-42)43-24-14-37(4)15-25-43/h8-28,31-32,39H,5-7,29-30,33H2,1-4H3. The van der Waals surface area contributed by atoms with E-state index in [-0.39, 0.29) is 10.8 Å². The van der Waals surface area contributed by atoms with Crippen molar-refractivity contribution in [3.05, 3.63) is 173 Å². The second-order valence-electron chi connectivity index (χ2n) is 15.0. The van der Waals surface area contributed by atoms with Crippen molar-refractivity contribution in [3.63, 3.8) is 0 Å². The highest BCUT2D eigenvalue weighted by Crippen LogP contribution is 2.71. The Balaban J connectivity index is 1.14. The monoisotopic (exact) mass is 640 g/mol. The maximum atomic E-state index is 2.63. The lowest BCUT2D eigenvalue weighted by Gasteiger charge is -2.46.